The minimum absolute atomic E-state index is 0.0892. The summed E-state index contributed by atoms with van der Waals surface area (Å²) in [5.41, 5.74) is 0. The third-order valence-electron chi connectivity index (χ3n) is 5.08. The van der Waals surface area contributed by atoms with E-state index in [-0.39, 0.29) is 6.04 Å². The van der Waals surface area contributed by atoms with Crippen molar-refractivity contribution in [2.45, 2.75) is 63.6 Å². The van der Waals surface area contributed by atoms with Gasteiger partial charge >= 0.3 is 0 Å². The van der Waals surface area contributed by atoms with Crippen molar-refractivity contribution in [3.63, 3.8) is 0 Å². The fourth-order valence-electron chi connectivity index (χ4n) is 3.92. The van der Waals surface area contributed by atoms with Gasteiger partial charge in [-0.25, -0.2) is 0 Å². The maximum absolute atomic E-state index is 12.7. The number of hydrogen-bond acceptors (Lipinski definition) is 3. The number of nitrogens with one attached hydrogen (secondary N) is 1. The summed E-state index contributed by atoms with van der Waals surface area (Å²) in [6, 6.07) is 1.09. The van der Waals surface area contributed by atoms with Crippen LogP contribution in [-0.2, 0) is 4.79 Å². The lowest BCUT2D eigenvalue weighted by Gasteiger charge is -2.48. The van der Waals surface area contributed by atoms with Crippen LogP contribution in [-0.4, -0.2) is 60.0 Å². The molecule has 0 saturated carbocycles. The molecule has 0 aliphatic carbocycles. The first kappa shape index (κ1) is 13.4. The molecule has 0 aromatic heterocycles. The molecule has 3 rings (SSSR count). The molecule has 19 heavy (non-hydrogen) atoms. The molecule has 108 valence electrons. The van der Waals surface area contributed by atoms with Gasteiger partial charge in [-0.15, -0.1) is 0 Å². The van der Waals surface area contributed by atoms with Crippen molar-refractivity contribution in [2.24, 2.45) is 0 Å². The van der Waals surface area contributed by atoms with Crippen LogP contribution in [0.25, 0.3) is 0 Å². The molecule has 3 aliphatic heterocycles. The Morgan fingerprint density at radius 1 is 1.11 bits per heavy atom. The van der Waals surface area contributed by atoms with Gasteiger partial charge in [0.25, 0.3) is 0 Å². The second-order valence-electron chi connectivity index (χ2n) is 6.49. The quantitative estimate of drug-likeness (QED) is 0.774. The van der Waals surface area contributed by atoms with Crippen molar-refractivity contribution in [3.8, 4) is 0 Å². The maximum atomic E-state index is 12.7. The Morgan fingerprint density at radius 2 is 1.95 bits per heavy atom. The van der Waals surface area contributed by atoms with E-state index in [1.165, 1.54) is 38.6 Å². The lowest BCUT2D eigenvalue weighted by molar-refractivity contribution is -0.141. The topological polar surface area (TPSA) is 35.6 Å². The van der Waals surface area contributed by atoms with Crippen LogP contribution in [0, 0.1) is 0 Å². The Bertz CT molecular complexity index is 327. The predicted molar refractivity (Wildman–Crippen MR) is 76.0 cm³/mol. The zero-order valence-electron chi connectivity index (χ0n) is 12.1. The number of piperazine rings is 1. The Hall–Kier alpha value is -0.610. The Kier molecular flexibility index (Phi) is 4.08. The van der Waals surface area contributed by atoms with Gasteiger partial charge in [0.15, 0.2) is 0 Å². The number of nitrogens with zero attached hydrogens (tertiary/aromatic N) is 2. The van der Waals surface area contributed by atoms with Gasteiger partial charge in [-0.2, -0.15) is 0 Å². The Labute approximate surface area is 116 Å². The van der Waals surface area contributed by atoms with Crippen molar-refractivity contribution < 1.29 is 4.79 Å². The number of amides is 1. The van der Waals surface area contributed by atoms with Crippen LogP contribution in [0.15, 0.2) is 0 Å². The second-order valence-corrected chi connectivity index (χ2v) is 6.49. The molecule has 0 bridgehead atoms. The fourth-order valence-corrected chi connectivity index (χ4v) is 3.92. The van der Waals surface area contributed by atoms with Gasteiger partial charge < -0.3 is 10.2 Å². The molecule has 0 aromatic rings. The van der Waals surface area contributed by atoms with Gasteiger partial charge in [0.05, 0.1) is 6.04 Å². The van der Waals surface area contributed by atoms with E-state index in [0.717, 1.165) is 26.1 Å². The summed E-state index contributed by atoms with van der Waals surface area (Å²) in [6.07, 6.45) is 7.38. The van der Waals surface area contributed by atoms with Crippen LogP contribution in [0.2, 0.25) is 0 Å². The van der Waals surface area contributed by atoms with E-state index in [1.807, 2.05) is 0 Å². The highest BCUT2D eigenvalue weighted by Crippen LogP contribution is 2.25. The molecule has 0 radical (unpaired) electrons. The van der Waals surface area contributed by atoms with E-state index in [2.05, 4.69) is 22.0 Å². The van der Waals surface area contributed by atoms with E-state index in [1.54, 1.807) is 0 Å². The van der Waals surface area contributed by atoms with Gasteiger partial charge in [-0.05, 0) is 45.7 Å². The van der Waals surface area contributed by atoms with Crippen molar-refractivity contribution in [1.29, 1.82) is 0 Å². The first-order valence-corrected chi connectivity index (χ1v) is 8.03. The lowest BCUT2D eigenvalue weighted by Crippen LogP contribution is -2.63. The van der Waals surface area contributed by atoms with E-state index >= 15 is 0 Å². The van der Waals surface area contributed by atoms with Crippen LogP contribution in [0.5, 0.6) is 0 Å². The van der Waals surface area contributed by atoms with Crippen LogP contribution in [0.1, 0.15) is 45.4 Å². The molecule has 2 unspecified atom stereocenters. The monoisotopic (exact) mass is 265 g/mol. The zero-order valence-corrected chi connectivity index (χ0v) is 12.1. The molecule has 1 amide bonds. The first-order chi connectivity index (χ1) is 9.25. The smallest absolute Gasteiger partial charge is 0.240 e. The Balaban J connectivity index is 1.64. The second kappa shape index (κ2) is 5.80. The Morgan fingerprint density at radius 3 is 2.74 bits per heavy atom. The van der Waals surface area contributed by atoms with Gasteiger partial charge in [0.1, 0.15) is 0 Å². The number of rotatable bonds is 1. The van der Waals surface area contributed by atoms with Gasteiger partial charge in [-0.1, -0.05) is 12.8 Å². The fraction of sp³-hybridized carbons (Fsp3) is 0.933. The molecule has 0 aromatic carbocycles. The third-order valence-corrected chi connectivity index (χ3v) is 5.08. The third kappa shape index (κ3) is 2.79. The number of hydrogen-bond donors (Lipinski definition) is 1. The van der Waals surface area contributed by atoms with Gasteiger partial charge in [0.2, 0.25) is 5.91 Å². The van der Waals surface area contributed by atoms with E-state index in [4.69, 9.17) is 0 Å². The number of piperidine rings is 2. The van der Waals surface area contributed by atoms with Crippen molar-refractivity contribution in [1.82, 2.24) is 15.1 Å². The summed E-state index contributed by atoms with van der Waals surface area (Å²) in [5.74, 6) is 0.359. The van der Waals surface area contributed by atoms with Crippen LogP contribution in [0.3, 0.4) is 0 Å². The maximum Gasteiger partial charge on any atom is 0.240 e. The summed E-state index contributed by atoms with van der Waals surface area (Å²) < 4.78 is 0. The molecular formula is C15H27N3O. The number of carbonyl (C=O) groups excluding carboxylic acids is 1. The number of fused-ring (bicyclic) bond motifs is 1. The number of carbonyl (C=O) groups is 1. The van der Waals surface area contributed by atoms with Crippen LogP contribution < -0.4 is 5.32 Å². The highest BCUT2D eigenvalue weighted by atomic mass is 16.2. The molecule has 3 saturated heterocycles. The summed E-state index contributed by atoms with van der Waals surface area (Å²) in [7, 11) is 0. The van der Waals surface area contributed by atoms with E-state index in [9.17, 15) is 4.79 Å². The summed E-state index contributed by atoms with van der Waals surface area (Å²) >= 11 is 0. The molecule has 0 spiro atoms. The largest absolute Gasteiger partial charge is 0.336 e. The first-order valence-electron chi connectivity index (χ1n) is 8.03. The van der Waals surface area contributed by atoms with E-state index < -0.39 is 0 Å². The van der Waals surface area contributed by atoms with Gasteiger partial charge in [-0.3, -0.25) is 9.69 Å². The highest BCUT2D eigenvalue weighted by Gasteiger charge is 2.37. The summed E-state index contributed by atoms with van der Waals surface area (Å²) in [4.78, 5) is 17.4. The molecule has 3 aliphatic rings. The summed E-state index contributed by atoms with van der Waals surface area (Å²) in [5, 5.41) is 3.40. The average molecular weight is 265 g/mol. The molecule has 4 heteroatoms. The minimum atomic E-state index is 0.0892. The average Bonchev–Trinajstić information content (AvgIpc) is 2.47. The summed E-state index contributed by atoms with van der Waals surface area (Å²) in [6.45, 7) is 6.49. The minimum Gasteiger partial charge on any atom is -0.336 e. The zero-order chi connectivity index (χ0) is 13.2. The van der Waals surface area contributed by atoms with E-state index in [0.29, 0.717) is 18.0 Å². The van der Waals surface area contributed by atoms with Crippen LogP contribution >= 0.6 is 0 Å². The highest BCUT2D eigenvalue weighted by molar-refractivity contribution is 5.82. The standard InChI is InChI=1S/C15H27N3O/c1-12-10-17-9-5-3-6-13(17)11-18(12)15(19)14-7-2-4-8-16-14/h12-14,16H,2-11H2,1H3/t12?,13?,14-/m0/s1. The molecule has 1 N–H and O–H groups in total. The normalized spacial score (nSPS) is 36.9. The lowest BCUT2D eigenvalue weighted by atomic mass is 9.95. The predicted octanol–water partition coefficient (Wildman–Crippen LogP) is 1.21. The van der Waals surface area contributed by atoms with Crippen LogP contribution in [0.4, 0.5) is 0 Å². The van der Waals surface area contributed by atoms with Crippen molar-refractivity contribution in [3.05, 3.63) is 0 Å². The van der Waals surface area contributed by atoms with Gasteiger partial charge in [0, 0.05) is 25.2 Å². The molecule has 4 nitrogen and oxygen atoms in total. The van der Waals surface area contributed by atoms with Crippen molar-refractivity contribution in [2.75, 3.05) is 26.2 Å². The molecule has 3 fully saturated rings. The van der Waals surface area contributed by atoms with Crippen molar-refractivity contribution >= 4 is 5.91 Å². The molecule has 3 atom stereocenters. The SMILES string of the molecule is CC1CN2CCCCC2CN1C(=O)[C@@H]1CCCCN1. The molecular weight excluding hydrogens is 238 g/mol. The molecule has 3 heterocycles.